The second-order valence-corrected chi connectivity index (χ2v) is 8.29. The van der Waals surface area contributed by atoms with Crippen LogP contribution in [0.3, 0.4) is 0 Å². The highest BCUT2D eigenvalue weighted by Gasteiger charge is 2.13. The molecule has 0 saturated carbocycles. The zero-order chi connectivity index (χ0) is 21.0. The SMILES string of the molecule is Cc1ccc(NC(=O)C(C)C)cc1NC(=O)CCn1c(-c2cccs2)n[nH]c1=S. The first-order valence-corrected chi connectivity index (χ1v) is 10.5. The van der Waals surface area contributed by atoms with E-state index in [1.54, 1.807) is 17.4 Å². The Morgan fingerprint density at radius 2 is 2.07 bits per heavy atom. The lowest BCUT2D eigenvalue weighted by Gasteiger charge is -2.13. The monoisotopic (exact) mass is 429 g/mol. The minimum atomic E-state index is -0.138. The van der Waals surface area contributed by atoms with E-state index < -0.39 is 0 Å². The normalized spacial score (nSPS) is 10.9. The number of nitrogens with one attached hydrogen (secondary N) is 3. The molecule has 2 amide bonds. The average molecular weight is 430 g/mol. The van der Waals surface area contributed by atoms with Crippen LogP contribution >= 0.6 is 23.6 Å². The maximum Gasteiger partial charge on any atom is 0.226 e. The van der Waals surface area contributed by atoms with E-state index in [-0.39, 0.29) is 24.2 Å². The number of benzene rings is 1. The third-order valence-electron chi connectivity index (χ3n) is 4.37. The van der Waals surface area contributed by atoms with E-state index in [1.165, 1.54) is 0 Å². The summed E-state index contributed by atoms with van der Waals surface area (Å²) in [5.41, 5.74) is 2.24. The van der Waals surface area contributed by atoms with Gasteiger partial charge in [-0.05, 0) is 48.3 Å². The smallest absolute Gasteiger partial charge is 0.226 e. The van der Waals surface area contributed by atoms with E-state index >= 15 is 0 Å². The van der Waals surface area contributed by atoms with Crippen molar-refractivity contribution in [1.82, 2.24) is 14.8 Å². The number of thiophene rings is 1. The lowest BCUT2D eigenvalue weighted by Crippen LogP contribution is -2.18. The van der Waals surface area contributed by atoms with Crippen molar-refractivity contribution in [2.45, 2.75) is 33.7 Å². The summed E-state index contributed by atoms with van der Waals surface area (Å²) in [6.07, 6.45) is 0.244. The molecular formula is C20H23N5O2S2. The summed E-state index contributed by atoms with van der Waals surface area (Å²) < 4.78 is 2.31. The standard InChI is InChI=1S/C20H23N5O2S2/c1-12(2)19(27)21-14-7-6-13(3)15(11-14)22-17(26)8-9-25-18(23-24-20(25)28)16-5-4-10-29-16/h4-7,10-12H,8-9H2,1-3H3,(H,21,27)(H,22,26)(H,24,28). The molecule has 0 bridgehead atoms. The van der Waals surface area contributed by atoms with Gasteiger partial charge in [0.15, 0.2) is 10.6 Å². The zero-order valence-electron chi connectivity index (χ0n) is 16.5. The first-order valence-electron chi connectivity index (χ1n) is 9.25. The van der Waals surface area contributed by atoms with Gasteiger partial charge in [-0.25, -0.2) is 0 Å². The first-order chi connectivity index (χ1) is 13.8. The number of aromatic nitrogens is 3. The lowest BCUT2D eigenvalue weighted by molar-refractivity contribution is -0.119. The largest absolute Gasteiger partial charge is 0.326 e. The van der Waals surface area contributed by atoms with Crippen molar-refractivity contribution >= 4 is 46.7 Å². The zero-order valence-corrected chi connectivity index (χ0v) is 18.1. The molecule has 7 nitrogen and oxygen atoms in total. The maximum atomic E-state index is 12.5. The number of H-pyrrole nitrogens is 1. The molecule has 0 saturated heterocycles. The Morgan fingerprint density at radius 3 is 2.76 bits per heavy atom. The highest BCUT2D eigenvalue weighted by molar-refractivity contribution is 7.71. The van der Waals surface area contributed by atoms with Crippen LogP contribution in [0.15, 0.2) is 35.7 Å². The fraction of sp³-hybridized carbons (Fsp3) is 0.300. The minimum Gasteiger partial charge on any atom is -0.326 e. The first kappa shape index (κ1) is 20.9. The number of rotatable bonds is 7. The molecule has 2 aromatic heterocycles. The number of hydrogen-bond donors (Lipinski definition) is 3. The van der Waals surface area contributed by atoms with Gasteiger partial charge in [-0.3, -0.25) is 19.3 Å². The van der Waals surface area contributed by atoms with Gasteiger partial charge in [-0.15, -0.1) is 11.3 Å². The van der Waals surface area contributed by atoms with Crippen molar-refractivity contribution < 1.29 is 9.59 Å². The Kier molecular flexibility index (Phi) is 6.60. The number of hydrogen-bond acceptors (Lipinski definition) is 5. The van der Waals surface area contributed by atoms with Crippen LogP contribution in [0.2, 0.25) is 0 Å². The molecule has 2 heterocycles. The van der Waals surface area contributed by atoms with Gasteiger partial charge in [0, 0.05) is 30.3 Å². The predicted molar refractivity (Wildman–Crippen MR) is 119 cm³/mol. The van der Waals surface area contributed by atoms with E-state index in [1.807, 2.05) is 55.0 Å². The quantitative estimate of drug-likeness (QED) is 0.479. The third-order valence-corrected chi connectivity index (χ3v) is 5.54. The lowest BCUT2D eigenvalue weighted by atomic mass is 10.1. The Balaban J connectivity index is 1.67. The van der Waals surface area contributed by atoms with Crippen LogP contribution in [-0.2, 0) is 16.1 Å². The van der Waals surface area contributed by atoms with Gasteiger partial charge < -0.3 is 10.6 Å². The van der Waals surface area contributed by atoms with Gasteiger partial charge >= 0.3 is 0 Å². The molecule has 0 atom stereocenters. The van der Waals surface area contributed by atoms with Gasteiger partial charge in [0.05, 0.1) is 4.88 Å². The van der Waals surface area contributed by atoms with Gasteiger partial charge in [0.2, 0.25) is 11.8 Å². The second kappa shape index (κ2) is 9.15. The molecule has 3 N–H and O–H groups in total. The molecule has 0 spiro atoms. The molecule has 0 aliphatic rings. The molecule has 3 rings (SSSR count). The summed E-state index contributed by atoms with van der Waals surface area (Å²) in [5.74, 6) is 0.404. The van der Waals surface area contributed by atoms with Crippen LogP contribution in [0.1, 0.15) is 25.8 Å². The number of anilines is 2. The van der Waals surface area contributed by atoms with E-state index in [0.29, 0.717) is 22.7 Å². The highest BCUT2D eigenvalue weighted by atomic mass is 32.1. The molecule has 3 aromatic rings. The minimum absolute atomic E-state index is 0.0680. The summed E-state index contributed by atoms with van der Waals surface area (Å²) in [6.45, 7) is 5.98. The van der Waals surface area contributed by atoms with Crippen molar-refractivity contribution in [3.05, 3.63) is 46.0 Å². The fourth-order valence-electron chi connectivity index (χ4n) is 2.67. The van der Waals surface area contributed by atoms with Gasteiger partial charge in [-0.1, -0.05) is 26.0 Å². The number of carbonyl (C=O) groups is 2. The van der Waals surface area contributed by atoms with E-state index in [4.69, 9.17) is 12.2 Å². The predicted octanol–water partition coefficient (Wildman–Crippen LogP) is 4.60. The summed E-state index contributed by atoms with van der Waals surface area (Å²) in [5, 5.41) is 14.8. The Bertz CT molecular complexity index is 1070. The van der Waals surface area contributed by atoms with Gasteiger partial charge in [-0.2, -0.15) is 5.10 Å². The summed E-state index contributed by atoms with van der Waals surface area (Å²) in [4.78, 5) is 25.4. The summed E-state index contributed by atoms with van der Waals surface area (Å²) in [6, 6.07) is 9.37. The Hall–Kier alpha value is -2.78. The molecule has 0 unspecified atom stereocenters. The number of nitrogens with zero attached hydrogens (tertiary/aromatic N) is 2. The molecule has 0 aliphatic carbocycles. The Morgan fingerprint density at radius 1 is 1.28 bits per heavy atom. The van der Waals surface area contributed by atoms with Gasteiger partial charge in [0.25, 0.3) is 0 Å². The van der Waals surface area contributed by atoms with Crippen molar-refractivity contribution in [2.24, 2.45) is 5.92 Å². The van der Waals surface area contributed by atoms with Crippen LogP contribution in [0.5, 0.6) is 0 Å². The topological polar surface area (TPSA) is 91.8 Å². The number of carbonyl (C=O) groups excluding carboxylic acids is 2. The molecule has 152 valence electrons. The van der Waals surface area contributed by atoms with E-state index in [9.17, 15) is 9.59 Å². The fourth-order valence-corrected chi connectivity index (χ4v) is 3.61. The van der Waals surface area contributed by atoms with E-state index in [0.717, 1.165) is 16.3 Å². The van der Waals surface area contributed by atoms with E-state index in [2.05, 4.69) is 20.8 Å². The van der Waals surface area contributed by atoms with Crippen LogP contribution in [-0.4, -0.2) is 26.6 Å². The molecule has 1 aromatic carbocycles. The van der Waals surface area contributed by atoms with Gasteiger partial charge in [0.1, 0.15) is 0 Å². The highest BCUT2D eigenvalue weighted by Crippen LogP contribution is 2.24. The molecule has 0 radical (unpaired) electrons. The number of aromatic amines is 1. The third kappa shape index (κ3) is 5.18. The number of amides is 2. The summed E-state index contributed by atoms with van der Waals surface area (Å²) >= 11 is 6.87. The van der Waals surface area contributed by atoms with Crippen molar-refractivity contribution in [3.8, 4) is 10.7 Å². The average Bonchev–Trinajstić information content (AvgIpc) is 3.32. The van der Waals surface area contributed by atoms with Crippen molar-refractivity contribution in [3.63, 3.8) is 0 Å². The summed E-state index contributed by atoms with van der Waals surface area (Å²) in [7, 11) is 0. The molecular weight excluding hydrogens is 406 g/mol. The van der Waals surface area contributed by atoms with Crippen molar-refractivity contribution in [2.75, 3.05) is 10.6 Å². The molecule has 9 heteroatoms. The second-order valence-electron chi connectivity index (χ2n) is 6.95. The Labute approximate surface area is 178 Å². The maximum absolute atomic E-state index is 12.5. The van der Waals surface area contributed by atoms with Crippen LogP contribution in [0.4, 0.5) is 11.4 Å². The van der Waals surface area contributed by atoms with Crippen LogP contribution in [0.25, 0.3) is 10.7 Å². The van der Waals surface area contributed by atoms with Crippen LogP contribution < -0.4 is 10.6 Å². The van der Waals surface area contributed by atoms with Crippen LogP contribution in [0, 0.1) is 17.6 Å². The number of aryl methyl sites for hydroxylation is 1. The molecule has 0 aliphatic heterocycles. The molecule has 0 fully saturated rings. The molecule has 29 heavy (non-hydrogen) atoms. The van der Waals surface area contributed by atoms with Crippen molar-refractivity contribution in [1.29, 1.82) is 0 Å².